The fraction of sp³-hybridized carbons (Fsp3) is 0.105. The van der Waals surface area contributed by atoms with Crippen molar-refractivity contribution in [1.29, 1.82) is 0 Å². The number of hydrogen-bond acceptors (Lipinski definition) is 1. The third-order valence-corrected chi connectivity index (χ3v) is 3.93. The fourth-order valence-electron chi connectivity index (χ4n) is 2.26. The summed E-state index contributed by atoms with van der Waals surface area (Å²) >= 11 is 3.42. The van der Waals surface area contributed by atoms with Crippen LogP contribution in [0.1, 0.15) is 0 Å². The molecule has 0 aliphatic rings. The molecule has 118 valence electrons. The van der Waals surface area contributed by atoms with E-state index in [4.69, 9.17) is 4.74 Å². The molecule has 0 bridgehead atoms. The molecule has 0 saturated carbocycles. The Labute approximate surface area is 151 Å². The number of aromatic nitrogens is 1. The third-order valence-electron chi connectivity index (χ3n) is 3.40. The monoisotopic (exact) mass is 389 g/mol. The molecule has 0 N–H and O–H groups in total. The van der Waals surface area contributed by atoms with Crippen molar-refractivity contribution in [2.75, 3.05) is 6.61 Å². The molecule has 2 aromatic carbocycles. The van der Waals surface area contributed by atoms with Gasteiger partial charge in [0.2, 0.25) is 0 Å². The first-order chi connectivity index (χ1) is 10.8. The summed E-state index contributed by atoms with van der Waals surface area (Å²) in [5, 5.41) is 0. The molecule has 0 unspecified atom stereocenters. The SMILES string of the molecule is Brc1ccc(OCC[n+]2cccc(-c3ccccc3)c2)cc1.[Cl-]. The Hall–Kier alpha value is -1.84. The summed E-state index contributed by atoms with van der Waals surface area (Å²) < 4.78 is 8.98. The molecule has 0 aliphatic heterocycles. The number of ether oxygens (including phenoxy) is 1. The quantitative estimate of drug-likeness (QED) is 0.602. The maximum Gasteiger partial charge on any atom is 0.182 e. The molecule has 1 aromatic heterocycles. The molecule has 0 aliphatic carbocycles. The van der Waals surface area contributed by atoms with E-state index >= 15 is 0 Å². The molecule has 23 heavy (non-hydrogen) atoms. The Bertz CT molecular complexity index is 732. The molecule has 0 amide bonds. The van der Waals surface area contributed by atoms with Gasteiger partial charge in [0.15, 0.2) is 18.9 Å². The van der Waals surface area contributed by atoms with Crippen molar-refractivity contribution in [3.63, 3.8) is 0 Å². The summed E-state index contributed by atoms with van der Waals surface area (Å²) in [6.45, 7) is 1.46. The molecular formula is C19H17BrClNO. The lowest BCUT2D eigenvalue weighted by Crippen LogP contribution is -3.00. The molecule has 0 saturated heterocycles. The second kappa shape index (κ2) is 8.70. The second-order valence-corrected chi connectivity index (χ2v) is 5.91. The van der Waals surface area contributed by atoms with Crippen LogP contribution in [0.3, 0.4) is 0 Å². The molecule has 1 heterocycles. The van der Waals surface area contributed by atoms with E-state index in [9.17, 15) is 0 Å². The number of nitrogens with zero attached hydrogens (tertiary/aromatic N) is 1. The number of rotatable bonds is 5. The van der Waals surface area contributed by atoms with Crippen molar-refractivity contribution in [3.8, 4) is 16.9 Å². The van der Waals surface area contributed by atoms with Crippen molar-refractivity contribution >= 4 is 15.9 Å². The predicted octanol–water partition coefficient (Wildman–Crippen LogP) is 1.49. The van der Waals surface area contributed by atoms with Crippen molar-refractivity contribution in [2.45, 2.75) is 6.54 Å². The topological polar surface area (TPSA) is 13.1 Å². The number of pyridine rings is 1. The van der Waals surface area contributed by atoms with Gasteiger partial charge in [0.05, 0.1) is 0 Å². The average molecular weight is 391 g/mol. The van der Waals surface area contributed by atoms with Crippen LogP contribution in [-0.2, 0) is 6.54 Å². The summed E-state index contributed by atoms with van der Waals surface area (Å²) in [5.74, 6) is 0.892. The first kappa shape index (κ1) is 17.5. The Kier molecular flexibility index (Phi) is 6.63. The maximum atomic E-state index is 5.77. The van der Waals surface area contributed by atoms with Gasteiger partial charge in [-0.25, -0.2) is 4.57 Å². The first-order valence-corrected chi connectivity index (χ1v) is 8.03. The smallest absolute Gasteiger partial charge is 0.182 e. The van der Waals surface area contributed by atoms with Gasteiger partial charge in [0, 0.05) is 16.1 Å². The zero-order valence-electron chi connectivity index (χ0n) is 12.5. The molecular weight excluding hydrogens is 374 g/mol. The molecule has 2 nitrogen and oxygen atoms in total. The summed E-state index contributed by atoms with van der Waals surface area (Å²) in [6, 6.07) is 22.5. The van der Waals surface area contributed by atoms with Crippen molar-refractivity contribution < 1.29 is 21.7 Å². The molecule has 0 radical (unpaired) electrons. The predicted molar refractivity (Wildman–Crippen MR) is 91.7 cm³/mol. The van der Waals surface area contributed by atoms with Gasteiger partial charge in [-0.3, -0.25) is 0 Å². The van der Waals surface area contributed by atoms with Crippen molar-refractivity contribution in [3.05, 3.63) is 83.6 Å². The van der Waals surface area contributed by atoms with Gasteiger partial charge in [-0.1, -0.05) is 46.3 Å². The van der Waals surface area contributed by atoms with Gasteiger partial charge in [-0.2, -0.15) is 0 Å². The second-order valence-electron chi connectivity index (χ2n) is 5.00. The van der Waals surface area contributed by atoms with E-state index in [1.165, 1.54) is 11.1 Å². The van der Waals surface area contributed by atoms with Gasteiger partial charge in [0.1, 0.15) is 12.4 Å². The minimum absolute atomic E-state index is 0. The van der Waals surface area contributed by atoms with Crippen LogP contribution in [-0.4, -0.2) is 6.61 Å². The standard InChI is InChI=1S/C19H17BrNO.ClH/c20-18-8-10-19(11-9-18)22-14-13-21-12-4-7-17(15-21)16-5-2-1-3-6-16;/h1-12,15H,13-14H2;1H/q+1;/p-1. The highest BCUT2D eigenvalue weighted by Gasteiger charge is 2.05. The third kappa shape index (κ3) is 5.08. The minimum atomic E-state index is 0. The van der Waals surface area contributed by atoms with Gasteiger partial charge < -0.3 is 17.1 Å². The van der Waals surface area contributed by atoms with Crippen LogP contribution >= 0.6 is 15.9 Å². The van der Waals surface area contributed by atoms with Crippen LogP contribution in [0, 0.1) is 0 Å². The van der Waals surface area contributed by atoms with Crippen LogP contribution in [0.4, 0.5) is 0 Å². The van der Waals surface area contributed by atoms with E-state index in [1.54, 1.807) is 0 Å². The van der Waals surface area contributed by atoms with E-state index in [2.05, 4.69) is 69.3 Å². The lowest BCUT2D eigenvalue weighted by atomic mass is 10.1. The van der Waals surface area contributed by atoms with Gasteiger partial charge >= 0.3 is 0 Å². The molecule has 3 rings (SSSR count). The van der Waals surface area contributed by atoms with Gasteiger partial charge in [0.25, 0.3) is 0 Å². The van der Waals surface area contributed by atoms with Crippen LogP contribution < -0.4 is 21.7 Å². The Balaban J connectivity index is 0.00000192. The van der Waals surface area contributed by atoms with E-state index in [-0.39, 0.29) is 12.4 Å². The zero-order chi connectivity index (χ0) is 15.2. The highest BCUT2D eigenvalue weighted by molar-refractivity contribution is 9.10. The zero-order valence-corrected chi connectivity index (χ0v) is 14.9. The van der Waals surface area contributed by atoms with E-state index in [0.717, 1.165) is 16.8 Å². The van der Waals surface area contributed by atoms with E-state index in [1.807, 2.05) is 30.3 Å². The molecule has 4 heteroatoms. The Morgan fingerprint density at radius 3 is 2.26 bits per heavy atom. The average Bonchev–Trinajstić information content (AvgIpc) is 2.58. The highest BCUT2D eigenvalue weighted by Crippen LogP contribution is 2.17. The molecule has 3 aromatic rings. The van der Waals surface area contributed by atoms with Crippen LogP contribution in [0.2, 0.25) is 0 Å². The Morgan fingerprint density at radius 2 is 1.52 bits per heavy atom. The Morgan fingerprint density at radius 1 is 0.826 bits per heavy atom. The number of hydrogen-bond donors (Lipinski definition) is 0. The summed E-state index contributed by atoms with van der Waals surface area (Å²) in [5.41, 5.74) is 2.44. The van der Waals surface area contributed by atoms with E-state index < -0.39 is 0 Å². The largest absolute Gasteiger partial charge is 1.00 e. The minimum Gasteiger partial charge on any atom is -1.00 e. The van der Waals surface area contributed by atoms with Crippen molar-refractivity contribution in [1.82, 2.24) is 0 Å². The highest BCUT2D eigenvalue weighted by atomic mass is 79.9. The van der Waals surface area contributed by atoms with E-state index in [0.29, 0.717) is 6.61 Å². The summed E-state index contributed by atoms with van der Waals surface area (Å²) in [6.07, 6.45) is 4.22. The van der Waals surface area contributed by atoms with Crippen molar-refractivity contribution in [2.24, 2.45) is 0 Å². The fourth-order valence-corrected chi connectivity index (χ4v) is 2.53. The maximum absolute atomic E-state index is 5.77. The first-order valence-electron chi connectivity index (χ1n) is 7.24. The van der Waals surface area contributed by atoms with Crippen LogP contribution in [0.15, 0.2) is 83.6 Å². The molecule has 0 atom stereocenters. The molecule has 0 spiro atoms. The van der Waals surface area contributed by atoms with Gasteiger partial charge in [-0.15, -0.1) is 0 Å². The molecule has 0 fully saturated rings. The van der Waals surface area contributed by atoms with Crippen LogP contribution in [0.25, 0.3) is 11.1 Å². The number of halogens is 2. The summed E-state index contributed by atoms with van der Waals surface area (Å²) in [4.78, 5) is 0. The lowest BCUT2D eigenvalue weighted by molar-refractivity contribution is -0.697. The number of benzene rings is 2. The lowest BCUT2D eigenvalue weighted by Gasteiger charge is -2.05. The van der Waals surface area contributed by atoms with Crippen LogP contribution in [0.5, 0.6) is 5.75 Å². The normalized spacial score (nSPS) is 9.96. The van der Waals surface area contributed by atoms with Gasteiger partial charge in [-0.05, 0) is 35.9 Å². The summed E-state index contributed by atoms with van der Waals surface area (Å²) in [7, 11) is 0.